The largest absolute Gasteiger partial charge is 0.464 e. The van der Waals surface area contributed by atoms with E-state index in [2.05, 4.69) is 27.2 Å². The molecular formula is C13H25N5O3. The van der Waals surface area contributed by atoms with Crippen molar-refractivity contribution in [2.75, 3.05) is 56.8 Å². The van der Waals surface area contributed by atoms with E-state index in [-0.39, 0.29) is 12.6 Å². The van der Waals surface area contributed by atoms with Crippen molar-refractivity contribution in [3.05, 3.63) is 0 Å². The first-order chi connectivity index (χ1) is 10.2. The van der Waals surface area contributed by atoms with Crippen LogP contribution in [-0.4, -0.2) is 66.6 Å². The quantitative estimate of drug-likeness (QED) is 0.611. The Hall–Kier alpha value is -1.67. The number of aromatic nitrogens is 3. The second-order valence-electron chi connectivity index (χ2n) is 4.30. The van der Waals surface area contributed by atoms with Gasteiger partial charge in [-0.1, -0.05) is 6.92 Å². The summed E-state index contributed by atoms with van der Waals surface area (Å²) >= 11 is 0. The normalized spacial score (nSPS) is 10.5. The Labute approximate surface area is 125 Å². The van der Waals surface area contributed by atoms with Crippen molar-refractivity contribution in [3.8, 4) is 6.01 Å². The maximum absolute atomic E-state index is 9.18. The van der Waals surface area contributed by atoms with Crippen LogP contribution in [0.15, 0.2) is 0 Å². The Morgan fingerprint density at radius 1 is 1.19 bits per heavy atom. The number of ether oxygens (including phenoxy) is 2. The Balaban J connectivity index is 2.96. The van der Waals surface area contributed by atoms with Crippen molar-refractivity contribution in [1.29, 1.82) is 0 Å². The predicted molar refractivity (Wildman–Crippen MR) is 81.0 cm³/mol. The molecule has 0 aliphatic rings. The Bertz CT molecular complexity index is 405. The van der Waals surface area contributed by atoms with Gasteiger partial charge in [0.1, 0.15) is 0 Å². The second-order valence-corrected chi connectivity index (χ2v) is 4.30. The minimum Gasteiger partial charge on any atom is -0.464 e. The average Bonchev–Trinajstić information content (AvgIpc) is 2.49. The lowest BCUT2D eigenvalue weighted by Gasteiger charge is -2.21. The molecule has 120 valence electrons. The van der Waals surface area contributed by atoms with Gasteiger partial charge in [0.2, 0.25) is 11.9 Å². The molecule has 8 nitrogen and oxygen atoms in total. The van der Waals surface area contributed by atoms with Crippen LogP contribution < -0.4 is 15.0 Å². The van der Waals surface area contributed by atoms with Gasteiger partial charge in [0, 0.05) is 26.7 Å². The zero-order valence-electron chi connectivity index (χ0n) is 13.0. The Kier molecular flexibility index (Phi) is 8.37. The van der Waals surface area contributed by atoms with Gasteiger partial charge in [-0.15, -0.1) is 0 Å². The van der Waals surface area contributed by atoms with Gasteiger partial charge in [0.15, 0.2) is 0 Å². The fourth-order valence-electron chi connectivity index (χ4n) is 1.63. The fraction of sp³-hybridized carbons (Fsp3) is 0.769. The number of hydrogen-bond donors (Lipinski definition) is 2. The summed E-state index contributed by atoms with van der Waals surface area (Å²) in [5.41, 5.74) is 0. The first-order valence-corrected chi connectivity index (χ1v) is 7.22. The SMILES string of the molecule is CCCNc1nc(OCC)nc(N(CCO)CCOC)n1. The summed E-state index contributed by atoms with van der Waals surface area (Å²) in [6.45, 7) is 6.73. The molecule has 0 bridgehead atoms. The molecule has 1 aromatic rings. The van der Waals surface area contributed by atoms with Crippen molar-refractivity contribution in [1.82, 2.24) is 15.0 Å². The summed E-state index contributed by atoms with van der Waals surface area (Å²) in [5, 5.41) is 12.3. The summed E-state index contributed by atoms with van der Waals surface area (Å²) in [7, 11) is 1.63. The van der Waals surface area contributed by atoms with Crippen LogP contribution in [0, 0.1) is 0 Å². The predicted octanol–water partition coefficient (Wildman–Crippen LogP) is 0.537. The van der Waals surface area contributed by atoms with Crippen LogP contribution in [-0.2, 0) is 4.74 Å². The summed E-state index contributed by atoms with van der Waals surface area (Å²) in [4.78, 5) is 14.7. The molecule has 0 saturated carbocycles. The molecule has 0 aliphatic heterocycles. The summed E-state index contributed by atoms with van der Waals surface area (Å²) in [6.07, 6.45) is 0.967. The molecule has 1 heterocycles. The van der Waals surface area contributed by atoms with Crippen LogP contribution >= 0.6 is 0 Å². The van der Waals surface area contributed by atoms with E-state index >= 15 is 0 Å². The van der Waals surface area contributed by atoms with Crippen molar-refractivity contribution < 1.29 is 14.6 Å². The number of aliphatic hydroxyl groups is 1. The van der Waals surface area contributed by atoms with Gasteiger partial charge in [-0.2, -0.15) is 15.0 Å². The topological polar surface area (TPSA) is 92.6 Å². The van der Waals surface area contributed by atoms with Crippen LogP contribution in [0.5, 0.6) is 6.01 Å². The van der Waals surface area contributed by atoms with Crippen molar-refractivity contribution in [2.45, 2.75) is 20.3 Å². The fourth-order valence-corrected chi connectivity index (χ4v) is 1.63. The van der Waals surface area contributed by atoms with Crippen LogP contribution in [0.25, 0.3) is 0 Å². The van der Waals surface area contributed by atoms with Crippen molar-refractivity contribution in [2.24, 2.45) is 0 Å². The van der Waals surface area contributed by atoms with E-state index in [1.807, 2.05) is 11.8 Å². The third-order valence-corrected chi connectivity index (χ3v) is 2.63. The van der Waals surface area contributed by atoms with Gasteiger partial charge in [-0.05, 0) is 13.3 Å². The molecule has 0 radical (unpaired) electrons. The third-order valence-electron chi connectivity index (χ3n) is 2.63. The number of nitrogens with zero attached hydrogens (tertiary/aromatic N) is 4. The molecule has 0 saturated heterocycles. The Morgan fingerprint density at radius 3 is 2.62 bits per heavy atom. The number of anilines is 2. The van der Waals surface area contributed by atoms with Crippen LogP contribution in [0.4, 0.5) is 11.9 Å². The van der Waals surface area contributed by atoms with Crippen molar-refractivity contribution >= 4 is 11.9 Å². The Morgan fingerprint density at radius 2 is 2.00 bits per heavy atom. The number of nitrogens with one attached hydrogen (secondary N) is 1. The molecule has 0 amide bonds. The standard InChI is InChI=1S/C13H25N5O3/c1-4-6-14-11-15-12(17-13(16-11)21-5-2)18(7-9-19)8-10-20-3/h19H,4-10H2,1-3H3,(H,14,15,16,17). The molecule has 0 aromatic carbocycles. The molecule has 0 unspecified atom stereocenters. The summed E-state index contributed by atoms with van der Waals surface area (Å²) < 4.78 is 10.4. The molecule has 1 rings (SSSR count). The zero-order valence-corrected chi connectivity index (χ0v) is 13.0. The van der Waals surface area contributed by atoms with E-state index in [0.29, 0.717) is 38.2 Å². The number of aliphatic hydroxyl groups excluding tert-OH is 1. The highest BCUT2D eigenvalue weighted by atomic mass is 16.5. The molecule has 21 heavy (non-hydrogen) atoms. The highest BCUT2D eigenvalue weighted by Gasteiger charge is 2.13. The van der Waals surface area contributed by atoms with E-state index in [1.165, 1.54) is 0 Å². The smallest absolute Gasteiger partial charge is 0.323 e. The maximum atomic E-state index is 9.18. The lowest BCUT2D eigenvalue weighted by atomic mass is 10.5. The molecule has 0 fully saturated rings. The lowest BCUT2D eigenvalue weighted by Crippen LogP contribution is -2.32. The maximum Gasteiger partial charge on any atom is 0.323 e. The van der Waals surface area contributed by atoms with Gasteiger partial charge in [-0.25, -0.2) is 0 Å². The van der Waals surface area contributed by atoms with E-state index in [9.17, 15) is 5.11 Å². The average molecular weight is 299 g/mol. The van der Waals surface area contributed by atoms with E-state index < -0.39 is 0 Å². The van der Waals surface area contributed by atoms with Gasteiger partial charge in [0.05, 0.1) is 19.8 Å². The number of methoxy groups -OCH3 is 1. The second kappa shape index (κ2) is 10.1. The molecule has 0 aliphatic carbocycles. The minimum absolute atomic E-state index is 0.0110. The highest BCUT2D eigenvalue weighted by Crippen LogP contribution is 2.15. The first kappa shape index (κ1) is 17.4. The van der Waals surface area contributed by atoms with Crippen LogP contribution in [0.1, 0.15) is 20.3 Å². The molecule has 8 heteroatoms. The van der Waals surface area contributed by atoms with Crippen molar-refractivity contribution in [3.63, 3.8) is 0 Å². The molecule has 2 N–H and O–H groups in total. The third kappa shape index (κ3) is 6.09. The molecular weight excluding hydrogens is 274 g/mol. The number of hydrogen-bond acceptors (Lipinski definition) is 8. The lowest BCUT2D eigenvalue weighted by molar-refractivity contribution is 0.202. The summed E-state index contributed by atoms with van der Waals surface area (Å²) in [6, 6.07) is 0.279. The number of rotatable bonds is 11. The monoisotopic (exact) mass is 299 g/mol. The van der Waals surface area contributed by atoms with E-state index in [0.717, 1.165) is 13.0 Å². The van der Waals surface area contributed by atoms with Crippen LogP contribution in [0.3, 0.4) is 0 Å². The van der Waals surface area contributed by atoms with Gasteiger partial charge in [0.25, 0.3) is 0 Å². The van der Waals surface area contributed by atoms with Crippen LogP contribution in [0.2, 0.25) is 0 Å². The highest BCUT2D eigenvalue weighted by molar-refractivity contribution is 5.38. The minimum atomic E-state index is 0.0110. The van der Waals surface area contributed by atoms with Gasteiger partial charge in [-0.3, -0.25) is 0 Å². The first-order valence-electron chi connectivity index (χ1n) is 7.22. The van der Waals surface area contributed by atoms with Gasteiger partial charge < -0.3 is 24.8 Å². The van der Waals surface area contributed by atoms with Gasteiger partial charge >= 0.3 is 6.01 Å². The molecule has 0 spiro atoms. The molecule has 0 atom stereocenters. The van der Waals surface area contributed by atoms with E-state index in [4.69, 9.17) is 9.47 Å². The van der Waals surface area contributed by atoms with E-state index in [1.54, 1.807) is 7.11 Å². The zero-order chi connectivity index (χ0) is 15.5. The molecule has 1 aromatic heterocycles. The summed E-state index contributed by atoms with van der Waals surface area (Å²) in [5.74, 6) is 0.948.